The van der Waals surface area contributed by atoms with E-state index in [1.54, 1.807) is 0 Å². The molecule has 0 aliphatic heterocycles. The zero-order chi connectivity index (χ0) is 14.9. The van der Waals surface area contributed by atoms with Gasteiger partial charge in [0.1, 0.15) is 11.6 Å². The highest BCUT2D eigenvalue weighted by Gasteiger charge is 2.14. The Balaban J connectivity index is 2.27. The molecular formula is C14H9F4NO. The Hall–Kier alpha value is -2.37. The number of carbonyl (C=O) groups is 1. The van der Waals surface area contributed by atoms with E-state index < -0.39 is 34.9 Å². The predicted molar refractivity (Wildman–Crippen MR) is 65.4 cm³/mol. The molecule has 2 rings (SSSR count). The first-order chi connectivity index (χ1) is 9.38. The Morgan fingerprint density at radius 3 is 2.20 bits per heavy atom. The van der Waals surface area contributed by atoms with Crippen LogP contribution in [-0.2, 0) is 0 Å². The molecule has 0 aliphatic rings. The van der Waals surface area contributed by atoms with Crippen molar-refractivity contribution >= 4 is 11.6 Å². The highest BCUT2D eigenvalue weighted by molar-refractivity contribution is 6.04. The zero-order valence-corrected chi connectivity index (χ0v) is 10.3. The SMILES string of the molecule is Cc1cc(C(=O)Nc2cc(F)c(F)cc2F)ccc1F. The first kappa shape index (κ1) is 14.0. The lowest BCUT2D eigenvalue weighted by molar-refractivity contribution is 0.102. The van der Waals surface area contributed by atoms with Crippen molar-refractivity contribution in [2.24, 2.45) is 0 Å². The Kier molecular flexibility index (Phi) is 3.74. The number of halogens is 4. The number of hydrogen-bond donors (Lipinski definition) is 1. The molecule has 0 bridgehead atoms. The lowest BCUT2D eigenvalue weighted by Gasteiger charge is -2.08. The van der Waals surface area contributed by atoms with Crippen LogP contribution in [0.25, 0.3) is 0 Å². The lowest BCUT2D eigenvalue weighted by Crippen LogP contribution is -2.14. The summed E-state index contributed by atoms with van der Waals surface area (Å²) in [7, 11) is 0. The maximum Gasteiger partial charge on any atom is 0.255 e. The van der Waals surface area contributed by atoms with Crippen molar-refractivity contribution in [1.29, 1.82) is 0 Å². The molecule has 0 heterocycles. The van der Waals surface area contributed by atoms with Gasteiger partial charge in [0.05, 0.1) is 5.69 Å². The van der Waals surface area contributed by atoms with Gasteiger partial charge in [0.15, 0.2) is 11.6 Å². The number of rotatable bonds is 2. The number of nitrogens with one attached hydrogen (secondary N) is 1. The molecule has 0 radical (unpaired) electrons. The fourth-order valence-corrected chi connectivity index (χ4v) is 1.60. The van der Waals surface area contributed by atoms with Crippen molar-refractivity contribution in [2.75, 3.05) is 5.32 Å². The third kappa shape index (κ3) is 2.79. The van der Waals surface area contributed by atoms with Crippen LogP contribution < -0.4 is 5.32 Å². The Labute approximate surface area is 112 Å². The normalized spacial score (nSPS) is 10.4. The second kappa shape index (κ2) is 5.32. The molecule has 20 heavy (non-hydrogen) atoms. The van der Waals surface area contributed by atoms with E-state index in [4.69, 9.17) is 0 Å². The van der Waals surface area contributed by atoms with Crippen LogP contribution in [0, 0.1) is 30.2 Å². The summed E-state index contributed by atoms with van der Waals surface area (Å²) in [4.78, 5) is 11.8. The minimum absolute atomic E-state index is 0.0769. The molecule has 0 aromatic heterocycles. The molecule has 0 spiro atoms. The van der Waals surface area contributed by atoms with Crippen molar-refractivity contribution in [3.63, 3.8) is 0 Å². The fourth-order valence-electron chi connectivity index (χ4n) is 1.60. The first-order valence-corrected chi connectivity index (χ1v) is 5.60. The van der Waals surface area contributed by atoms with Gasteiger partial charge in [-0.1, -0.05) is 0 Å². The van der Waals surface area contributed by atoms with Crippen LogP contribution in [0.4, 0.5) is 23.2 Å². The van der Waals surface area contributed by atoms with Crippen molar-refractivity contribution in [2.45, 2.75) is 6.92 Å². The molecule has 0 aliphatic carbocycles. The number of anilines is 1. The van der Waals surface area contributed by atoms with Crippen molar-refractivity contribution in [1.82, 2.24) is 0 Å². The molecule has 2 aromatic carbocycles. The second-order valence-corrected chi connectivity index (χ2v) is 4.16. The number of carbonyl (C=O) groups excluding carboxylic acids is 1. The molecule has 1 N–H and O–H groups in total. The van der Waals surface area contributed by atoms with Crippen LogP contribution in [0.15, 0.2) is 30.3 Å². The van der Waals surface area contributed by atoms with Gasteiger partial charge in [0.25, 0.3) is 5.91 Å². The van der Waals surface area contributed by atoms with E-state index in [0.717, 1.165) is 6.07 Å². The minimum atomic E-state index is -1.35. The van der Waals surface area contributed by atoms with E-state index in [1.807, 2.05) is 0 Å². The number of hydrogen-bond acceptors (Lipinski definition) is 1. The molecule has 0 atom stereocenters. The van der Waals surface area contributed by atoms with Gasteiger partial charge in [0, 0.05) is 17.7 Å². The average Bonchev–Trinajstić information content (AvgIpc) is 2.39. The van der Waals surface area contributed by atoms with Gasteiger partial charge in [-0.2, -0.15) is 0 Å². The molecule has 1 amide bonds. The number of benzene rings is 2. The van der Waals surface area contributed by atoms with Gasteiger partial charge in [-0.05, 0) is 30.7 Å². The molecule has 0 unspecified atom stereocenters. The topological polar surface area (TPSA) is 29.1 Å². The van der Waals surface area contributed by atoms with Gasteiger partial charge in [0.2, 0.25) is 0 Å². The fraction of sp³-hybridized carbons (Fsp3) is 0.0714. The van der Waals surface area contributed by atoms with E-state index in [0.29, 0.717) is 12.1 Å². The van der Waals surface area contributed by atoms with Crippen LogP contribution in [0.2, 0.25) is 0 Å². The monoisotopic (exact) mass is 283 g/mol. The third-order valence-electron chi connectivity index (χ3n) is 2.68. The van der Waals surface area contributed by atoms with E-state index >= 15 is 0 Å². The van der Waals surface area contributed by atoms with Crippen molar-refractivity contribution in [3.05, 3.63) is 64.7 Å². The van der Waals surface area contributed by atoms with Gasteiger partial charge >= 0.3 is 0 Å². The van der Waals surface area contributed by atoms with Crippen LogP contribution in [0.1, 0.15) is 15.9 Å². The summed E-state index contributed by atoms with van der Waals surface area (Å²) in [6, 6.07) is 4.43. The molecule has 2 aromatic rings. The molecule has 0 saturated heterocycles. The van der Waals surface area contributed by atoms with Crippen LogP contribution in [0.5, 0.6) is 0 Å². The Bertz CT molecular complexity index is 685. The first-order valence-electron chi connectivity index (χ1n) is 5.60. The summed E-state index contributed by atoms with van der Waals surface area (Å²) in [5.41, 5.74) is -0.174. The molecular weight excluding hydrogens is 274 g/mol. The standard InChI is InChI=1S/C14H9F4NO/c1-7-4-8(2-3-9(7)15)14(20)19-13-6-11(17)10(16)5-12(13)18/h2-6H,1H3,(H,19,20). The van der Waals surface area contributed by atoms with Gasteiger partial charge in [-0.3, -0.25) is 4.79 Å². The smallest absolute Gasteiger partial charge is 0.255 e. The van der Waals surface area contributed by atoms with Crippen LogP contribution in [-0.4, -0.2) is 5.91 Å². The van der Waals surface area contributed by atoms with E-state index in [-0.39, 0.29) is 11.1 Å². The zero-order valence-electron chi connectivity index (χ0n) is 10.3. The summed E-state index contributed by atoms with van der Waals surface area (Å²) in [5, 5.41) is 2.10. The Morgan fingerprint density at radius 1 is 0.900 bits per heavy atom. The lowest BCUT2D eigenvalue weighted by atomic mass is 10.1. The molecule has 6 heteroatoms. The molecule has 2 nitrogen and oxygen atoms in total. The summed E-state index contributed by atoms with van der Waals surface area (Å²) >= 11 is 0. The third-order valence-corrected chi connectivity index (χ3v) is 2.68. The number of amides is 1. The van der Waals surface area contributed by atoms with Gasteiger partial charge < -0.3 is 5.32 Å². The van der Waals surface area contributed by atoms with Crippen LogP contribution >= 0.6 is 0 Å². The summed E-state index contributed by atoms with van der Waals surface area (Å²) < 4.78 is 52.2. The minimum Gasteiger partial charge on any atom is -0.319 e. The number of aryl methyl sites for hydroxylation is 1. The quantitative estimate of drug-likeness (QED) is 0.659. The highest BCUT2D eigenvalue weighted by atomic mass is 19.2. The maximum atomic E-state index is 13.4. The molecule has 0 saturated carbocycles. The van der Waals surface area contributed by atoms with Crippen molar-refractivity contribution < 1.29 is 22.4 Å². The summed E-state index contributed by atoms with van der Waals surface area (Å²) in [6.07, 6.45) is 0. The highest BCUT2D eigenvalue weighted by Crippen LogP contribution is 2.19. The van der Waals surface area contributed by atoms with E-state index in [9.17, 15) is 22.4 Å². The Morgan fingerprint density at radius 2 is 1.55 bits per heavy atom. The van der Waals surface area contributed by atoms with Crippen molar-refractivity contribution in [3.8, 4) is 0 Å². The van der Waals surface area contributed by atoms with Gasteiger partial charge in [-0.15, -0.1) is 0 Å². The van der Waals surface area contributed by atoms with Gasteiger partial charge in [-0.25, -0.2) is 17.6 Å². The predicted octanol–water partition coefficient (Wildman–Crippen LogP) is 3.80. The maximum absolute atomic E-state index is 13.4. The summed E-state index contributed by atoms with van der Waals surface area (Å²) in [6.45, 7) is 1.46. The summed E-state index contributed by atoms with van der Waals surface area (Å²) in [5.74, 6) is -4.97. The average molecular weight is 283 g/mol. The second-order valence-electron chi connectivity index (χ2n) is 4.16. The van der Waals surface area contributed by atoms with Crippen LogP contribution in [0.3, 0.4) is 0 Å². The molecule has 0 fully saturated rings. The largest absolute Gasteiger partial charge is 0.319 e. The molecule has 104 valence electrons. The van der Waals surface area contributed by atoms with E-state index in [2.05, 4.69) is 5.32 Å². The van der Waals surface area contributed by atoms with E-state index in [1.165, 1.54) is 19.1 Å².